The lowest BCUT2D eigenvalue weighted by Crippen LogP contribution is -2.53. The first-order chi connectivity index (χ1) is 7.14. The summed E-state index contributed by atoms with van der Waals surface area (Å²) >= 11 is 0. The number of piperidine rings is 1. The van der Waals surface area contributed by atoms with E-state index in [1.54, 1.807) is 0 Å². The predicted octanol–water partition coefficient (Wildman–Crippen LogP) is 0.974. The van der Waals surface area contributed by atoms with Crippen LogP contribution in [0.3, 0.4) is 0 Å². The van der Waals surface area contributed by atoms with Crippen LogP contribution >= 0.6 is 0 Å². The molecule has 1 aliphatic carbocycles. The van der Waals surface area contributed by atoms with Gasteiger partial charge in [0.05, 0.1) is 6.10 Å². The molecule has 2 atom stereocenters. The molecule has 0 spiro atoms. The van der Waals surface area contributed by atoms with Gasteiger partial charge in [-0.25, -0.2) is 0 Å². The fraction of sp³-hybridized carbons (Fsp3) is 1.00. The van der Waals surface area contributed by atoms with Crippen molar-refractivity contribution in [3.8, 4) is 0 Å². The molecule has 3 nitrogen and oxygen atoms in total. The molecule has 1 saturated carbocycles. The molecule has 2 rings (SSSR count). The maximum atomic E-state index is 9.87. The first-order valence-electron chi connectivity index (χ1n) is 6.26. The summed E-state index contributed by atoms with van der Waals surface area (Å²) in [6.45, 7) is 4.58. The zero-order chi connectivity index (χ0) is 10.9. The minimum Gasteiger partial charge on any atom is -0.391 e. The van der Waals surface area contributed by atoms with Crippen LogP contribution in [0.1, 0.15) is 39.0 Å². The molecule has 1 saturated heterocycles. The van der Waals surface area contributed by atoms with Gasteiger partial charge in [0.1, 0.15) is 0 Å². The fourth-order valence-corrected chi connectivity index (χ4v) is 2.95. The van der Waals surface area contributed by atoms with Crippen LogP contribution in [0.25, 0.3) is 0 Å². The Balaban J connectivity index is 1.88. The van der Waals surface area contributed by atoms with Gasteiger partial charge in [-0.15, -0.1) is 0 Å². The lowest BCUT2D eigenvalue weighted by Gasteiger charge is -2.42. The second-order valence-corrected chi connectivity index (χ2v) is 5.41. The summed E-state index contributed by atoms with van der Waals surface area (Å²) in [5, 5.41) is 13.3. The average molecular weight is 212 g/mol. The molecular weight excluding hydrogens is 188 g/mol. The number of rotatable bonds is 2. The Labute approximate surface area is 92.8 Å². The van der Waals surface area contributed by atoms with Crippen molar-refractivity contribution in [2.24, 2.45) is 0 Å². The molecule has 15 heavy (non-hydrogen) atoms. The summed E-state index contributed by atoms with van der Waals surface area (Å²) in [7, 11) is 2.06. The Morgan fingerprint density at radius 2 is 1.93 bits per heavy atom. The van der Waals surface area contributed by atoms with Crippen molar-refractivity contribution in [2.75, 3.05) is 20.1 Å². The number of hydrogen-bond donors (Lipinski definition) is 2. The molecule has 88 valence electrons. The first-order valence-corrected chi connectivity index (χ1v) is 6.26. The maximum absolute atomic E-state index is 9.87. The van der Waals surface area contributed by atoms with Crippen molar-refractivity contribution < 1.29 is 5.11 Å². The van der Waals surface area contributed by atoms with E-state index in [9.17, 15) is 5.11 Å². The molecule has 2 aliphatic rings. The normalized spacial score (nSPS) is 37.0. The third-order valence-electron chi connectivity index (χ3n) is 4.42. The zero-order valence-corrected chi connectivity index (χ0v) is 10.00. The quantitative estimate of drug-likeness (QED) is 0.716. The minimum atomic E-state index is -0.0658. The number of nitrogens with one attached hydrogen (secondary N) is 1. The molecule has 3 heteroatoms. The second-order valence-electron chi connectivity index (χ2n) is 5.41. The van der Waals surface area contributed by atoms with E-state index in [0.29, 0.717) is 11.6 Å². The Bertz CT molecular complexity index is 212. The molecule has 1 aliphatic heterocycles. The average Bonchev–Trinajstić information content (AvgIpc) is 2.66. The fourth-order valence-electron chi connectivity index (χ4n) is 2.95. The SMILES string of the molecule is CNC1(C)CCN(C2CCCC2O)CC1. The topological polar surface area (TPSA) is 35.5 Å². The molecule has 2 fully saturated rings. The highest BCUT2D eigenvalue weighted by Gasteiger charge is 2.35. The first kappa shape index (κ1) is 11.4. The Morgan fingerprint density at radius 1 is 1.27 bits per heavy atom. The number of hydrogen-bond acceptors (Lipinski definition) is 3. The van der Waals surface area contributed by atoms with Crippen molar-refractivity contribution in [2.45, 2.75) is 56.7 Å². The van der Waals surface area contributed by atoms with Gasteiger partial charge in [-0.05, 0) is 46.1 Å². The van der Waals surface area contributed by atoms with Gasteiger partial charge < -0.3 is 10.4 Å². The van der Waals surface area contributed by atoms with Crippen LogP contribution < -0.4 is 5.32 Å². The largest absolute Gasteiger partial charge is 0.391 e. The van der Waals surface area contributed by atoms with E-state index in [-0.39, 0.29) is 6.10 Å². The van der Waals surface area contributed by atoms with Gasteiger partial charge in [0, 0.05) is 24.7 Å². The Hall–Kier alpha value is -0.120. The number of likely N-dealkylation sites (tertiary alicyclic amines) is 1. The zero-order valence-electron chi connectivity index (χ0n) is 10.00. The van der Waals surface area contributed by atoms with Crippen LogP contribution in [0.2, 0.25) is 0 Å². The lowest BCUT2D eigenvalue weighted by molar-refractivity contribution is 0.0404. The van der Waals surface area contributed by atoms with Crippen molar-refractivity contribution in [1.82, 2.24) is 10.2 Å². The molecule has 0 amide bonds. The molecular formula is C12H24N2O. The molecule has 2 N–H and O–H groups in total. The number of aliphatic hydroxyl groups excluding tert-OH is 1. The highest BCUT2D eigenvalue weighted by atomic mass is 16.3. The van der Waals surface area contributed by atoms with Gasteiger partial charge >= 0.3 is 0 Å². The highest BCUT2D eigenvalue weighted by molar-refractivity contribution is 4.93. The third kappa shape index (κ3) is 2.35. The van der Waals surface area contributed by atoms with Gasteiger partial charge in [0.25, 0.3) is 0 Å². The summed E-state index contributed by atoms with van der Waals surface area (Å²) in [6.07, 6.45) is 5.73. The van der Waals surface area contributed by atoms with E-state index in [4.69, 9.17) is 0 Å². The van der Waals surface area contributed by atoms with Gasteiger partial charge in [-0.1, -0.05) is 0 Å². The monoisotopic (exact) mass is 212 g/mol. The smallest absolute Gasteiger partial charge is 0.0695 e. The molecule has 0 aromatic rings. The van der Waals surface area contributed by atoms with E-state index in [0.717, 1.165) is 19.5 Å². The molecule has 0 aromatic heterocycles. The van der Waals surface area contributed by atoms with E-state index < -0.39 is 0 Å². The third-order valence-corrected chi connectivity index (χ3v) is 4.42. The summed E-state index contributed by atoms with van der Waals surface area (Å²) < 4.78 is 0. The van der Waals surface area contributed by atoms with Crippen molar-refractivity contribution >= 4 is 0 Å². The van der Waals surface area contributed by atoms with E-state index in [1.165, 1.54) is 25.7 Å². The van der Waals surface area contributed by atoms with Crippen molar-refractivity contribution in [3.05, 3.63) is 0 Å². The van der Waals surface area contributed by atoms with E-state index in [2.05, 4.69) is 24.2 Å². The van der Waals surface area contributed by atoms with Gasteiger partial charge in [0.2, 0.25) is 0 Å². The van der Waals surface area contributed by atoms with Crippen molar-refractivity contribution in [3.63, 3.8) is 0 Å². The second kappa shape index (κ2) is 4.40. The molecule has 2 unspecified atom stereocenters. The van der Waals surface area contributed by atoms with Crippen LogP contribution in [0.15, 0.2) is 0 Å². The van der Waals surface area contributed by atoms with Crippen LogP contribution in [-0.2, 0) is 0 Å². The van der Waals surface area contributed by atoms with Gasteiger partial charge in [0.15, 0.2) is 0 Å². The van der Waals surface area contributed by atoms with Crippen LogP contribution in [-0.4, -0.2) is 47.8 Å². The van der Waals surface area contributed by atoms with Crippen LogP contribution in [0.5, 0.6) is 0 Å². The molecule has 0 bridgehead atoms. The van der Waals surface area contributed by atoms with E-state index in [1.807, 2.05) is 0 Å². The Morgan fingerprint density at radius 3 is 2.40 bits per heavy atom. The highest BCUT2D eigenvalue weighted by Crippen LogP contribution is 2.29. The van der Waals surface area contributed by atoms with Crippen molar-refractivity contribution in [1.29, 1.82) is 0 Å². The molecule has 1 heterocycles. The summed E-state index contributed by atoms with van der Waals surface area (Å²) in [4.78, 5) is 2.50. The summed E-state index contributed by atoms with van der Waals surface area (Å²) in [5.74, 6) is 0. The number of aliphatic hydroxyl groups is 1. The number of nitrogens with zero attached hydrogens (tertiary/aromatic N) is 1. The minimum absolute atomic E-state index is 0.0658. The standard InChI is InChI=1S/C12H24N2O/c1-12(13-2)6-8-14(9-7-12)10-4-3-5-11(10)15/h10-11,13,15H,3-9H2,1-2H3. The Kier molecular flexibility index (Phi) is 3.33. The summed E-state index contributed by atoms with van der Waals surface area (Å²) in [5.41, 5.74) is 0.320. The van der Waals surface area contributed by atoms with Crippen LogP contribution in [0.4, 0.5) is 0 Å². The van der Waals surface area contributed by atoms with Gasteiger partial charge in [-0.3, -0.25) is 4.90 Å². The lowest BCUT2D eigenvalue weighted by atomic mass is 9.89. The van der Waals surface area contributed by atoms with E-state index >= 15 is 0 Å². The maximum Gasteiger partial charge on any atom is 0.0695 e. The molecule has 0 radical (unpaired) electrons. The summed E-state index contributed by atoms with van der Waals surface area (Å²) in [6, 6.07) is 0.450. The van der Waals surface area contributed by atoms with Crippen LogP contribution in [0, 0.1) is 0 Å². The molecule has 0 aromatic carbocycles. The predicted molar refractivity (Wildman–Crippen MR) is 61.9 cm³/mol. The van der Waals surface area contributed by atoms with Gasteiger partial charge in [-0.2, -0.15) is 0 Å².